The second-order valence-electron chi connectivity index (χ2n) is 5.02. The molecule has 0 fully saturated rings. The van der Waals surface area contributed by atoms with Gasteiger partial charge in [0, 0.05) is 18.0 Å². The van der Waals surface area contributed by atoms with Crippen LogP contribution in [-0.4, -0.2) is 15.9 Å². The van der Waals surface area contributed by atoms with Crippen LogP contribution in [0, 0.1) is 5.82 Å². The molecule has 0 saturated heterocycles. The molecule has 1 amide bonds. The molecule has 0 bridgehead atoms. The number of pyridine rings is 1. The van der Waals surface area contributed by atoms with E-state index < -0.39 is 0 Å². The fourth-order valence-electron chi connectivity index (χ4n) is 2.19. The molecule has 0 aliphatic heterocycles. The topological polar surface area (TPSA) is 68.0 Å². The molecule has 0 aliphatic rings. The van der Waals surface area contributed by atoms with E-state index in [2.05, 4.69) is 15.3 Å². The van der Waals surface area contributed by atoms with Crippen LogP contribution in [-0.2, 0) is 0 Å². The summed E-state index contributed by atoms with van der Waals surface area (Å²) in [6, 6.07) is 9.14. The lowest BCUT2D eigenvalue weighted by Gasteiger charge is -2.13. The van der Waals surface area contributed by atoms with Gasteiger partial charge in [0.2, 0.25) is 0 Å². The molecule has 1 atom stereocenters. The normalized spacial score (nSPS) is 11.9. The molecule has 2 aromatic heterocycles. The number of nitrogens with zero attached hydrogens (tertiary/aromatic N) is 2. The van der Waals surface area contributed by atoms with E-state index in [1.165, 1.54) is 30.7 Å². The number of carbonyl (C=O) groups excluding carboxylic acids is 1. The number of hydrogen-bond acceptors (Lipinski definition) is 4. The first-order valence-corrected chi connectivity index (χ1v) is 7.05. The Balaban J connectivity index is 1.81. The van der Waals surface area contributed by atoms with Gasteiger partial charge in [-0.25, -0.2) is 9.37 Å². The van der Waals surface area contributed by atoms with E-state index in [-0.39, 0.29) is 23.5 Å². The molecule has 0 radical (unpaired) electrons. The predicted octanol–water partition coefficient (Wildman–Crippen LogP) is 3.37. The molecule has 23 heavy (non-hydrogen) atoms. The van der Waals surface area contributed by atoms with Crippen LogP contribution >= 0.6 is 0 Å². The van der Waals surface area contributed by atoms with Crippen molar-refractivity contribution >= 4 is 5.91 Å². The molecular weight excluding hydrogens is 297 g/mol. The molecule has 1 N–H and O–H groups in total. The van der Waals surface area contributed by atoms with Crippen LogP contribution < -0.4 is 5.32 Å². The van der Waals surface area contributed by atoms with Crippen LogP contribution in [0.15, 0.2) is 59.6 Å². The summed E-state index contributed by atoms with van der Waals surface area (Å²) in [5.41, 5.74) is 1.63. The van der Waals surface area contributed by atoms with Crippen molar-refractivity contribution in [3.05, 3.63) is 72.3 Å². The van der Waals surface area contributed by atoms with Crippen LogP contribution in [0.25, 0.3) is 11.3 Å². The summed E-state index contributed by atoms with van der Waals surface area (Å²) in [5.74, 6) is -0.417. The van der Waals surface area contributed by atoms with Crippen LogP contribution in [0.3, 0.4) is 0 Å². The maximum atomic E-state index is 13.0. The number of halogens is 1. The summed E-state index contributed by atoms with van der Waals surface area (Å²) in [4.78, 5) is 20.4. The van der Waals surface area contributed by atoms with Gasteiger partial charge in [0.25, 0.3) is 5.91 Å². The number of oxazole rings is 1. The zero-order valence-electron chi connectivity index (χ0n) is 12.4. The van der Waals surface area contributed by atoms with Crippen LogP contribution in [0.1, 0.15) is 29.0 Å². The number of amides is 1. The third kappa shape index (κ3) is 3.26. The fourth-order valence-corrected chi connectivity index (χ4v) is 2.19. The predicted molar refractivity (Wildman–Crippen MR) is 82.0 cm³/mol. The van der Waals surface area contributed by atoms with Crippen molar-refractivity contribution < 1.29 is 13.6 Å². The number of carbonyl (C=O) groups is 1. The minimum Gasteiger partial charge on any atom is -0.443 e. The third-order valence-corrected chi connectivity index (χ3v) is 3.42. The summed E-state index contributed by atoms with van der Waals surface area (Å²) in [6.45, 7) is 1.85. The van der Waals surface area contributed by atoms with Crippen LogP contribution in [0.5, 0.6) is 0 Å². The van der Waals surface area contributed by atoms with E-state index in [0.29, 0.717) is 11.3 Å². The number of hydrogen-bond donors (Lipinski definition) is 1. The molecule has 2 heterocycles. The second kappa shape index (κ2) is 6.39. The van der Waals surface area contributed by atoms with Crippen LogP contribution in [0.2, 0.25) is 0 Å². The highest BCUT2D eigenvalue weighted by atomic mass is 19.1. The second-order valence-corrected chi connectivity index (χ2v) is 5.02. The molecule has 5 nitrogen and oxygen atoms in total. The zero-order chi connectivity index (χ0) is 16.2. The Labute approximate surface area is 132 Å². The molecule has 0 saturated carbocycles. The molecule has 1 aromatic carbocycles. The number of aromatic nitrogens is 2. The molecule has 3 rings (SSSR count). The molecule has 116 valence electrons. The van der Waals surface area contributed by atoms with E-state index in [1.807, 2.05) is 13.0 Å². The Kier molecular flexibility index (Phi) is 4.14. The Bertz CT molecular complexity index is 800. The van der Waals surface area contributed by atoms with Crippen molar-refractivity contribution in [1.29, 1.82) is 0 Å². The van der Waals surface area contributed by atoms with E-state index >= 15 is 0 Å². The van der Waals surface area contributed by atoms with Crippen molar-refractivity contribution in [2.24, 2.45) is 0 Å². The van der Waals surface area contributed by atoms with Gasteiger partial charge in [0.05, 0.1) is 6.04 Å². The lowest BCUT2D eigenvalue weighted by Crippen LogP contribution is -2.27. The smallest absolute Gasteiger partial charge is 0.274 e. The van der Waals surface area contributed by atoms with Crippen molar-refractivity contribution in [2.75, 3.05) is 0 Å². The third-order valence-electron chi connectivity index (χ3n) is 3.42. The molecule has 3 aromatic rings. The summed E-state index contributed by atoms with van der Waals surface area (Å²) in [5, 5.41) is 2.84. The summed E-state index contributed by atoms with van der Waals surface area (Å²) in [7, 11) is 0. The molecular formula is C17H14FN3O2. The first kappa shape index (κ1) is 14.9. The zero-order valence-corrected chi connectivity index (χ0v) is 12.4. The van der Waals surface area contributed by atoms with Crippen molar-refractivity contribution in [1.82, 2.24) is 15.3 Å². The summed E-state index contributed by atoms with van der Waals surface area (Å²) < 4.78 is 18.3. The van der Waals surface area contributed by atoms with Gasteiger partial charge >= 0.3 is 0 Å². The maximum Gasteiger partial charge on any atom is 0.274 e. The summed E-state index contributed by atoms with van der Waals surface area (Å²) >= 11 is 0. The fraction of sp³-hybridized carbons (Fsp3) is 0.118. The maximum absolute atomic E-state index is 13.0. The Morgan fingerprint density at radius 1 is 1.26 bits per heavy atom. The minimum absolute atomic E-state index is 0.160. The van der Waals surface area contributed by atoms with Gasteiger partial charge in [-0.2, -0.15) is 0 Å². The van der Waals surface area contributed by atoms with Gasteiger partial charge in [0.15, 0.2) is 17.8 Å². The van der Waals surface area contributed by atoms with Gasteiger partial charge in [-0.3, -0.25) is 9.78 Å². The van der Waals surface area contributed by atoms with E-state index in [9.17, 15) is 9.18 Å². The minimum atomic E-state index is -0.366. The monoisotopic (exact) mass is 311 g/mol. The summed E-state index contributed by atoms with van der Waals surface area (Å²) in [6.07, 6.45) is 4.55. The molecule has 0 unspecified atom stereocenters. The molecule has 0 aliphatic carbocycles. The SMILES string of the molecule is C[C@H](NC(=O)c1ncoc1-c1ccc(F)cc1)c1cccnc1. The van der Waals surface area contributed by atoms with Crippen molar-refractivity contribution in [3.8, 4) is 11.3 Å². The average Bonchev–Trinajstić information content (AvgIpc) is 3.06. The quantitative estimate of drug-likeness (QED) is 0.802. The van der Waals surface area contributed by atoms with Gasteiger partial charge in [-0.15, -0.1) is 0 Å². The number of rotatable bonds is 4. The van der Waals surface area contributed by atoms with Gasteiger partial charge in [0.1, 0.15) is 5.82 Å². The molecule has 0 spiro atoms. The Morgan fingerprint density at radius 3 is 2.74 bits per heavy atom. The average molecular weight is 311 g/mol. The first-order valence-electron chi connectivity index (χ1n) is 7.05. The van der Waals surface area contributed by atoms with E-state index in [0.717, 1.165) is 5.56 Å². The van der Waals surface area contributed by atoms with E-state index in [4.69, 9.17) is 4.42 Å². The van der Waals surface area contributed by atoms with E-state index in [1.54, 1.807) is 18.5 Å². The van der Waals surface area contributed by atoms with Crippen molar-refractivity contribution in [3.63, 3.8) is 0 Å². The van der Waals surface area contributed by atoms with Crippen LogP contribution in [0.4, 0.5) is 4.39 Å². The highest BCUT2D eigenvalue weighted by molar-refractivity contribution is 5.97. The molecule has 6 heteroatoms. The highest BCUT2D eigenvalue weighted by Gasteiger charge is 2.20. The lowest BCUT2D eigenvalue weighted by molar-refractivity contribution is 0.0935. The van der Waals surface area contributed by atoms with Gasteiger partial charge in [-0.1, -0.05) is 6.07 Å². The standard InChI is InChI=1S/C17H14FN3O2/c1-11(13-3-2-8-19-9-13)21-17(22)15-16(23-10-20-15)12-4-6-14(18)7-5-12/h2-11H,1H3,(H,21,22)/t11-/m0/s1. The Hall–Kier alpha value is -3.02. The Morgan fingerprint density at radius 2 is 2.04 bits per heavy atom. The number of benzene rings is 1. The highest BCUT2D eigenvalue weighted by Crippen LogP contribution is 2.24. The lowest BCUT2D eigenvalue weighted by atomic mass is 10.1. The van der Waals surface area contributed by atoms with Gasteiger partial charge < -0.3 is 9.73 Å². The largest absolute Gasteiger partial charge is 0.443 e. The number of nitrogens with one attached hydrogen (secondary N) is 1. The first-order chi connectivity index (χ1) is 11.1. The van der Waals surface area contributed by atoms with Gasteiger partial charge in [-0.05, 0) is 42.8 Å². The van der Waals surface area contributed by atoms with Crippen molar-refractivity contribution in [2.45, 2.75) is 13.0 Å².